The van der Waals surface area contributed by atoms with Crippen LogP contribution in [0.25, 0.3) is 16.8 Å². The summed E-state index contributed by atoms with van der Waals surface area (Å²) in [5, 5.41) is 7.05. The van der Waals surface area contributed by atoms with Crippen molar-refractivity contribution in [2.24, 2.45) is 0 Å². The summed E-state index contributed by atoms with van der Waals surface area (Å²) >= 11 is 1.21. The van der Waals surface area contributed by atoms with E-state index in [9.17, 15) is 26.4 Å². The first kappa shape index (κ1) is 18.1. The molecule has 0 bridgehead atoms. The Morgan fingerprint density at radius 2 is 1.81 bits per heavy atom. The fraction of sp³-hybridized carbons (Fsp3) is 0.0667. The maximum absolute atomic E-state index is 12.7. The second-order valence-electron chi connectivity index (χ2n) is 4.94. The van der Waals surface area contributed by atoms with E-state index < -0.39 is 26.9 Å². The summed E-state index contributed by atoms with van der Waals surface area (Å²) in [5.74, 6) is -0.973. The molecule has 0 aliphatic carbocycles. The topological polar surface area (TPSA) is 78.3 Å². The van der Waals surface area contributed by atoms with E-state index >= 15 is 0 Å². The molecule has 11 heteroatoms. The number of aromatic nitrogens is 2. The van der Waals surface area contributed by atoms with Crippen LogP contribution >= 0.6 is 11.3 Å². The quantitative estimate of drug-likeness (QED) is 0.495. The highest BCUT2D eigenvalue weighted by Crippen LogP contribution is 2.32. The molecule has 3 rings (SSSR count). The van der Waals surface area contributed by atoms with Gasteiger partial charge in [0.05, 0.1) is 17.4 Å². The van der Waals surface area contributed by atoms with Gasteiger partial charge in [0.15, 0.2) is 0 Å². The molecule has 136 valence electrons. The van der Waals surface area contributed by atoms with Gasteiger partial charge < -0.3 is 4.18 Å². The minimum absolute atomic E-state index is 0.156. The van der Waals surface area contributed by atoms with Crippen LogP contribution in [0.3, 0.4) is 0 Å². The lowest BCUT2D eigenvalue weighted by Crippen LogP contribution is -2.32. The molecule has 0 unspecified atom stereocenters. The Morgan fingerprint density at radius 3 is 2.38 bits per heavy atom. The van der Waals surface area contributed by atoms with Gasteiger partial charge in [0.25, 0.3) is 0 Å². The van der Waals surface area contributed by atoms with Crippen molar-refractivity contribution >= 4 is 21.5 Å². The zero-order valence-corrected chi connectivity index (χ0v) is 14.3. The van der Waals surface area contributed by atoms with E-state index in [1.54, 1.807) is 23.6 Å². The van der Waals surface area contributed by atoms with E-state index in [1.165, 1.54) is 34.9 Å². The molecule has 0 saturated carbocycles. The van der Waals surface area contributed by atoms with Crippen LogP contribution in [0.4, 0.5) is 13.2 Å². The Balaban J connectivity index is 2.23. The van der Waals surface area contributed by atoms with Gasteiger partial charge in [-0.05, 0) is 34.5 Å². The van der Waals surface area contributed by atoms with Crippen molar-refractivity contribution in [1.82, 2.24) is 9.78 Å². The van der Waals surface area contributed by atoms with E-state index in [4.69, 9.17) is 0 Å². The highest BCUT2D eigenvalue weighted by atomic mass is 32.2. The summed E-state index contributed by atoms with van der Waals surface area (Å²) in [6.07, 6.45) is 1.08. The van der Waals surface area contributed by atoms with Crippen LogP contribution in [-0.2, 0) is 10.1 Å². The average molecular weight is 402 g/mol. The Labute approximate surface area is 149 Å². The van der Waals surface area contributed by atoms with Crippen molar-refractivity contribution < 1.29 is 25.8 Å². The van der Waals surface area contributed by atoms with Crippen LogP contribution in [0.15, 0.2) is 58.1 Å². The molecule has 0 aliphatic heterocycles. The summed E-state index contributed by atoms with van der Waals surface area (Å²) in [7, 11) is -6.02. The van der Waals surface area contributed by atoms with Gasteiger partial charge in [0.1, 0.15) is 0 Å². The number of rotatable bonds is 4. The fourth-order valence-electron chi connectivity index (χ4n) is 2.05. The molecule has 0 radical (unpaired) electrons. The predicted octanol–water partition coefficient (Wildman–Crippen LogP) is 3.19. The molecule has 0 fully saturated rings. The third-order valence-corrected chi connectivity index (χ3v) is 4.88. The molecule has 0 saturated heterocycles. The highest BCUT2D eigenvalue weighted by molar-refractivity contribution is 7.88. The van der Waals surface area contributed by atoms with Crippen LogP contribution < -0.4 is 9.74 Å². The smallest absolute Gasteiger partial charge is 0.369 e. The van der Waals surface area contributed by atoms with Crippen LogP contribution in [-0.4, -0.2) is 23.7 Å². The third-order valence-electron chi connectivity index (χ3n) is 3.24. The molecular weight excluding hydrogens is 393 g/mol. The molecule has 3 aromatic rings. The Bertz CT molecular complexity index is 1080. The fourth-order valence-corrected chi connectivity index (χ4v) is 3.18. The molecule has 2 heterocycles. The highest BCUT2D eigenvalue weighted by Gasteiger charge is 2.49. The number of hydrogen-bond donors (Lipinski definition) is 0. The van der Waals surface area contributed by atoms with Crippen molar-refractivity contribution in [2.45, 2.75) is 5.51 Å². The maximum atomic E-state index is 12.7. The largest absolute Gasteiger partial charge is 0.534 e. The number of thiophene rings is 1. The van der Waals surface area contributed by atoms with E-state index in [0.717, 1.165) is 10.9 Å². The molecule has 6 nitrogen and oxygen atoms in total. The molecule has 26 heavy (non-hydrogen) atoms. The van der Waals surface area contributed by atoms with Crippen molar-refractivity contribution in [3.63, 3.8) is 0 Å². The lowest BCUT2D eigenvalue weighted by Gasteiger charge is -2.13. The lowest BCUT2D eigenvalue weighted by molar-refractivity contribution is -0.0500. The van der Waals surface area contributed by atoms with Gasteiger partial charge in [-0.15, -0.1) is 0 Å². The van der Waals surface area contributed by atoms with Crippen LogP contribution in [0, 0.1) is 0 Å². The van der Waals surface area contributed by atoms with Crippen LogP contribution in [0.1, 0.15) is 0 Å². The summed E-state index contributed by atoms with van der Waals surface area (Å²) in [4.78, 5) is 12.6. The zero-order chi connectivity index (χ0) is 18.9. The van der Waals surface area contributed by atoms with E-state index in [2.05, 4.69) is 9.28 Å². The Hall–Kier alpha value is -2.66. The molecule has 0 amide bonds. The normalized spacial score (nSPS) is 12.1. The monoisotopic (exact) mass is 402 g/mol. The van der Waals surface area contributed by atoms with Crippen molar-refractivity contribution in [2.75, 3.05) is 0 Å². The van der Waals surface area contributed by atoms with Gasteiger partial charge in [-0.2, -0.15) is 42.7 Å². The summed E-state index contributed by atoms with van der Waals surface area (Å²) in [5.41, 5.74) is -6.41. The van der Waals surface area contributed by atoms with Crippen molar-refractivity contribution in [1.29, 1.82) is 0 Å². The minimum atomic E-state index is -6.02. The molecule has 1 aromatic carbocycles. The van der Waals surface area contributed by atoms with Gasteiger partial charge in [0, 0.05) is 0 Å². The molecule has 0 atom stereocenters. The van der Waals surface area contributed by atoms with Gasteiger partial charge in [-0.1, -0.05) is 18.2 Å². The number of benzene rings is 1. The first-order valence-corrected chi connectivity index (χ1v) is 9.27. The second kappa shape index (κ2) is 6.57. The van der Waals surface area contributed by atoms with Crippen molar-refractivity contribution in [3.05, 3.63) is 63.7 Å². The van der Waals surface area contributed by atoms with Gasteiger partial charge >= 0.3 is 21.2 Å². The molecular formula is C15H9F3N2O4S2. The number of para-hydroxylation sites is 1. The lowest BCUT2D eigenvalue weighted by atomic mass is 10.1. The van der Waals surface area contributed by atoms with Crippen molar-refractivity contribution in [3.8, 4) is 22.6 Å². The number of alkyl halides is 3. The molecule has 0 N–H and O–H groups in total. The van der Waals surface area contributed by atoms with E-state index in [-0.39, 0.29) is 11.3 Å². The predicted molar refractivity (Wildman–Crippen MR) is 88.7 cm³/mol. The number of hydrogen-bond acceptors (Lipinski definition) is 6. The standard InChI is InChI=1S/C15H9F3N2O4S2/c16-15(17,18)26(22,23)24-13-12(10-6-7-25-9-10)8-19-20(14(13)21)11-4-2-1-3-5-11/h1-9H. The molecule has 0 aliphatic rings. The van der Waals surface area contributed by atoms with E-state index in [1.807, 2.05) is 0 Å². The van der Waals surface area contributed by atoms with Crippen LogP contribution in [0.2, 0.25) is 0 Å². The van der Waals surface area contributed by atoms with E-state index in [0.29, 0.717) is 5.56 Å². The summed E-state index contributed by atoms with van der Waals surface area (Å²) in [6.45, 7) is 0. The third kappa shape index (κ3) is 3.35. The molecule has 0 spiro atoms. The minimum Gasteiger partial charge on any atom is -0.369 e. The summed E-state index contributed by atoms with van der Waals surface area (Å²) in [6, 6.07) is 9.31. The maximum Gasteiger partial charge on any atom is 0.534 e. The zero-order valence-electron chi connectivity index (χ0n) is 12.7. The van der Waals surface area contributed by atoms with Crippen LogP contribution in [0.5, 0.6) is 5.75 Å². The van der Waals surface area contributed by atoms with Gasteiger partial charge in [0.2, 0.25) is 5.75 Å². The Morgan fingerprint density at radius 1 is 1.12 bits per heavy atom. The molecule has 2 aromatic heterocycles. The van der Waals surface area contributed by atoms with Gasteiger partial charge in [-0.3, -0.25) is 4.79 Å². The number of halogens is 3. The number of nitrogens with zero attached hydrogens (tertiary/aromatic N) is 2. The average Bonchev–Trinajstić information content (AvgIpc) is 3.10. The summed E-state index contributed by atoms with van der Waals surface area (Å²) < 4.78 is 66.0. The SMILES string of the molecule is O=c1c(OS(=O)(=O)C(F)(F)F)c(-c2ccsc2)cnn1-c1ccccc1. The van der Waals surface area contributed by atoms with Gasteiger partial charge in [-0.25, -0.2) is 0 Å². The first-order chi connectivity index (χ1) is 12.2. The Kier molecular flexibility index (Phi) is 4.59. The second-order valence-corrected chi connectivity index (χ2v) is 7.25. The first-order valence-electron chi connectivity index (χ1n) is 6.92.